The lowest BCUT2D eigenvalue weighted by molar-refractivity contribution is 0.0486. The highest BCUT2D eigenvalue weighted by molar-refractivity contribution is 5.68. The number of hydrogen-bond donors (Lipinski definition) is 2. The summed E-state index contributed by atoms with van der Waals surface area (Å²) < 4.78 is 5.38. The number of nitrogens with zero attached hydrogens (tertiary/aromatic N) is 1. The zero-order chi connectivity index (χ0) is 17.2. The van der Waals surface area contributed by atoms with Gasteiger partial charge < -0.3 is 20.3 Å². The molecule has 2 saturated heterocycles. The molecule has 1 amide bonds. The number of rotatable bonds is 5. The molecule has 2 bridgehead atoms. The van der Waals surface area contributed by atoms with Crippen molar-refractivity contribution in [1.29, 1.82) is 0 Å². The molecule has 23 heavy (non-hydrogen) atoms. The Bertz CT molecular complexity index is 392. The summed E-state index contributed by atoms with van der Waals surface area (Å²) in [6.07, 6.45) is 4.81. The minimum absolute atomic E-state index is 0.0992. The smallest absolute Gasteiger partial charge is 0.407 e. The van der Waals surface area contributed by atoms with Gasteiger partial charge in [0.25, 0.3) is 0 Å². The van der Waals surface area contributed by atoms with Crippen molar-refractivity contribution in [2.75, 3.05) is 13.6 Å². The molecule has 2 aliphatic heterocycles. The van der Waals surface area contributed by atoms with Crippen LogP contribution >= 0.6 is 0 Å². The Morgan fingerprint density at radius 2 is 1.78 bits per heavy atom. The van der Waals surface area contributed by atoms with Crippen LogP contribution in [0.3, 0.4) is 0 Å². The first kappa shape index (κ1) is 18.5. The number of alkyl carbamates (subject to hydrolysis) is 1. The molecule has 0 radical (unpaired) electrons. The topological polar surface area (TPSA) is 53.6 Å². The Morgan fingerprint density at radius 1 is 1.22 bits per heavy atom. The number of hydrogen-bond acceptors (Lipinski definition) is 4. The van der Waals surface area contributed by atoms with E-state index < -0.39 is 5.60 Å². The van der Waals surface area contributed by atoms with Crippen LogP contribution < -0.4 is 10.6 Å². The molecule has 0 aliphatic carbocycles. The maximum atomic E-state index is 12.0. The lowest BCUT2D eigenvalue weighted by Gasteiger charge is -2.37. The molecule has 2 N–H and O–H groups in total. The summed E-state index contributed by atoms with van der Waals surface area (Å²) in [5.41, 5.74) is -0.452. The van der Waals surface area contributed by atoms with Crippen LogP contribution in [0.25, 0.3) is 0 Å². The van der Waals surface area contributed by atoms with E-state index in [0.29, 0.717) is 12.0 Å². The van der Waals surface area contributed by atoms with Crippen molar-refractivity contribution in [2.45, 2.75) is 90.1 Å². The maximum Gasteiger partial charge on any atom is 0.407 e. The molecule has 0 spiro atoms. The van der Waals surface area contributed by atoms with E-state index in [2.05, 4.69) is 36.4 Å². The van der Waals surface area contributed by atoms with Gasteiger partial charge >= 0.3 is 6.09 Å². The van der Waals surface area contributed by atoms with Gasteiger partial charge in [-0.1, -0.05) is 13.8 Å². The van der Waals surface area contributed by atoms with Gasteiger partial charge in [-0.05, 0) is 59.4 Å². The molecule has 134 valence electrons. The molecule has 5 nitrogen and oxygen atoms in total. The summed E-state index contributed by atoms with van der Waals surface area (Å²) in [5.74, 6) is 0.373. The van der Waals surface area contributed by atoms with Crippen LogP contribution in [-0.4, -0.2) is 54.4 Å². The van der Waals surface area contributed by atoms with Crippen LogP contribution in [0.15, 0.2) is 0 Å². The van der Waals surface area contributed by atoms with Crippen LogP contribution in [0.2, 0.25) is 0 Å². The molecule has 0 aromatic rings. The normalized spacial score (nSPS) is 29.6. The average molecular weight is 325 g/mol. The van der Waals surface area contributed by atoms with Crippen LogP contribution in [0.1, 0.15) is 60.3 Å². The van der Waals surface area contributed by atoms with E-state index in [1.54, 1.807) is 0 Å². The molecule has 2 fully saturated rings. The third kappa shape index (κ3) is 5.35. The van der Waals surface area contributed by atoms with Gasteiger partial charge in [-0.2, -0.15) is 0 Å². The lowest BCUT2D eigenvalue weighted by Crippen LogP contribution is -2.52. The Balaban J connectivity index is 1.80. The van der Waals surface area contributed by atoms with Gasteiger partial charge in [0.2, 0.25) is 0 Å². The van der Waals surface area contributed by atoms with Crippen molar-refractivity contribution in [3.63, 3.8) is 0 Å². The van der Waals surface area contributed by atoms with E-state index in [1.807, 2.05) is 20.8 Å². The van der Waals surface area contributed by atoms with Crippen LogP contribution in [0, 0.1) is 5.92 Å². The first-order valence-electron chi connectivity index (χ1n) is 9.10. The molecular weight excluding hydrogens is 290 g/mol. The van der Waals surface area contributed by atoms with Gasteiger partial charge in [0.05, 0.1) is 0 Å². The van der Waals surface area contributed by atoms with E-state index in [4.69, 9.17) is 4.74 Å². The molecule has 0 aromatic heterocycles. The van der Waals surface area contributed by atoms with E-state index >= 15 is 0 Å². The highest BCUT2D eigenvalue weighted by Gasteiger charge is 2.38. The van der Waals surface area contributed by atoms with Gasteiger partial charge in [0, 0.05) is 30.7 Å². The Kier molecular flexibility index (Phi) is 5.95. The first-order valence-corrected chi connectivity index (χ1v) is 9.10. The van der Waals surface area contributed by atoms with Gasteiger partial charge in [-0.25, -0.2) is 4.79 Å². The fourth-order valence-corrected chi connectivity index (χ4v) is 3.78. The summed E-state index contributed by atoms with van der Waals surface area (Å²) in [6, 6.07) is 2.15. The SMILES string of the molecule is CC(C)C(CNC1CC2CCC(C1)N2C)NC(=O)OC(C)(C)C. The molecule has 2 rings (SSSR count). The number of carbonyl (C=O) groups excluding carboxylic acids is 1. The number of ether oxygens (including phenoxy) is 1. The summed E-state index contributed by atoms with van der Waals surface area (Å²) in [4.78, 5) is 14.6. The summed E-state index contributed by atoms with van der Waals surface area (Å²) in [6.45, 7) is 10.8. The minimum Gasteiger partial charge on any atom is -0.444 e. The van der Waals surface area contributed by atoms with Crippen molar-refractivity contribution in [1.82, 2.24) is 15.5 Å². The highest BCUT2D eigenvalue weighted by atomic mass is 16.6. The van der Waals surface area contributed by atoms with Crippen molar-refractivity contribution < 1.29 is 9.53 Å². The number of amides is 1. The fraction of sp³-hybridized carbons (Fsp3) is 0.944. The second-order valence-corrected chi connectivity index (χ2v) is 8.62. The fourth-order valence-electron chi connectivity index (χ4n) is 3.78. The summed E-state index contributed by atoms with van der Waals surface area (Å²) in [7, 11) is 2.26. The monoisotopic (exact) mass is 325 g/mol. The predicted molar refractivity (Wildman–Crippen MR) is 93.6 cm³/mol. The molecular formula is C18H35N3O2. The van der Waals surface area contributed by atoms with Crippen LogP contribution in [0.4, 0.5) is 4.79 Å². The summed E-state index contributed by atoms with van der Waals surface area (Å²) >= 11 is 0. The molecule has 3 unspecified atom stereocenters. The number of carbonyl (C=O) groups is 1. The molecule has 0 saturated carbocycles. The number of fused-ring (bicyclic) bond motifs is 2. The zero-order valence-electron chi connectivity index (χ0n) is 15.7. The minimum atomic E-state index is -0.452. The van der Waals surface area contributed by atoms with Crippen LogP contribution in [-0.2, 0) is 4.74 Å². The Morgan fingerprint density at radius 3 is 2.26 bits per heavy atom. The lowest BCUT2D eigenvalue weighted by atomic mass is 9.97. The third-order valence-corrected chi connectivity index (χ3v) is 5.23. The van der Waals surface area contributed by atoms with Gasteiger partial charge in [0.1, 0.15) is 5.60 Å². The van der Waals surface area contributed by atoms with Gasteiger partial charge in [0.15, 0.2) is 0 Å². The van der Waals surface area contributed by atoms with E-state index in [0.717, 1.165) is 18.6 Å². The second kappa shape index (κ2) is 7.39. The average Bonchev–Trinajstić information content (AvgIpc) is 2.63. The molecule has 2 heterocycles. The van der Waals surface area contributed by atoms with E-state index in [1.165, 1.54) is 25.7 Å². The molecule has 3 atom stereocenters. The molecule has 0 aromatic carbocycles. The van der Waals surface area contributed by atoms with Crippen molar-refractivity contribution in [3.05, 3.63) is 0 Å². The van der Waals surface area contributed by atoms with Gasteiger partial charge in [-0.15, -0.1) is 0 Å². The highest BCUT2D eigenvalue weighted by Crippen LogP contribution is 2.34. The van der Waals surface area contributed by atoms with E-state index in [9.17, 15) is 4.79 Å². The largest absolute Gasteiger partial charge is 0.444 e. The predicted octanol–water partition coefficient (Wildman–Crippen LogP) is 2.75. The third-order valence-electron chi connectivity index (χ3n) is 5.23. The first-order chi connectivity index (χ1) is 10.7. The van der Waals surface area contributed by atoms with Crippen molar-refractivity contribution in [2.24, 2.45) is 5.92 Å². The maximum absolute atomic E-state index is 12.0. The summed E-state index contributed by atoms with van der Waals surface area (Å²) in [5, 5.41) is 6.72. The zero-order valence-corrected chi connectivity index (χ0v) is 15.7. The molecule has 2 aliphatic rings. The Hall–Kier alpha value is -0.810. The molecule has 5 heteroatoms. The quantitative estimate of drug-likeness (QED) is 0.816. The van der Waals surface area contributed by atoms with E-state index in [-0.39, 0.29) is 12.1 Å². The Labute approximate surface area is 141 Å². The second-order valence-electron chi connectivity index (χ2n) is 8.62. The number of nitrogens with one attached hydrogen (secondary N) is 2. The van der Waals surface area contributed by atoms with Crippen molar-refractivity contribution >= 4 is 6.09 Å². The number of piperidine rings is 1. The van der Waals surface area contributed by atoms with Crippen molar-refractivity contribution in [3.8, 4) is 0 Å². The van der Waals surface area contributed by atoms with Gasteiger partial charge in [-0.3, -0.25) is 0 Å². The standard InChI is InChI=1S/C18H35N3O2/c1-12(2)16(20-17(22)23-18(3,4)5)11-19-13-9-14-7-8-15(10-13)21(14)6/h12-16,19H,7-11H2,1-6H3,(H,20,22). The van der Waals surface area contributed by atoms with Crippen LogP contribution in [0.5, 0.6) is 0 Å².